The van der Waals surface area contributed by atoms with Crippen LogP contribution in [-0.4, -0.2) is 0 Å². The van der Waals surface area contributed by atoms with E-state index in [0.29, 0.717) is 0 Å². The van der Waals surface area contributed by atoms with Gasteiger partial charge < -0.3 is 4.90 Å². The molecule has 0 aliphatic rings. The van der Waals surface area contributed by atoms with Gasteiger partial charge in [0, 0.05) is 17.1 Å². The number of hydrogen-bond acceptors (Lipinski definition) is 1. The Kier molecular flexibility index (Phi) is 6.90. The second kappa shape index (κ2) is 11.6. The Balaban J connectivity index is 1.05. The molecule has 0 N–H and O–H groups in total. The summed E-state index contributed by atoms with van der Waals surface area (Å²) >= 11 is 0. The third kappa shape index (κ3) is 5.48. The number of fused-ring (bicyclic) bond motifs is 3. The Labute approximate surface area is 264 Å². The summed E-state index contributed by atoms with van der Waals surface area (Å²) < 4.78 is 0. The number of para-hydroxylation sites is 2. The lowest BCUT2D eigenvalue weighted by Crippen LogP contribution is -2.09. The number of hydrogen-bond donors (Lipinski definition) is 0. The normalized spacial score (nSPS) is 11.5. The molecule has 0 bridgehead atoms. The van der Waals surface area contributed by atoms with Gasteiger partial charge in [-0.15, -0.1) is 0 Å². The van der Waals surface area contributed by atoms with Gasteiger partial charge in [-0.05, 0) is 115 Å². The Hall–Kier alpha value is -5.92. The summed E-state index contributed by atoms with van der Waals surface area (Å²) in [6, 6.07) is 63.2. The van der Waals surface area contributed by atoms with Crippen molar-refractivity contribution in [3.05, 3.63) is 187 Å². The van der Waals surface area contributed by atoms with Gasteiger partial charge in [0.15, 0.2) is 0 Å². The molecular formula is C44H31N. The molecule has 0 amide bonds. The van der Waals surface area contributed by atoms with E-state index >= 15 is 0 Å². The Morgan fingerprint density at radius 3 is 1.31 bits per heavy atom. The molecular weight excluding hydrogens is 542 g/mol. The zero-order valence-corrected chi connectivity index (χ0v) is 24.8. The van der Waals surface area contributed by atoms with Gasteiger partial charge in [-0.2, -0.15) is 0 Å². The average molecular weight is 574 g/mol. The molecule has 0 saturated carbocycles. The highest BCUT2D eigenvalue weighted by Gasteiger charge is 2.12. The third-order valence-corrected chi connectivity index (χ3v) is 8.55. The van der Waals surface area contributed by atoms with Crippen molar-refractivity contribution in [2.45, 2.75) is 0 Å². The van der Waals surface area contributed by atoms with Gasteiger partial charge in [-0.25, -0.2) is 0 Å². The molecule has 212 valence electrons. The first kappa shape index (κ1) is 26.7. The predicted molar refractivity (Wildman–Crippen MR) is 194 cm³/mol. The molecule has 0 aromatic heterocycles. The van der Waals surface area contributed by atoms with Crippen molar-refractivity contribution >= 4 is 61.5 Å². The maximum absolute atomic E-state index is 2.30. The van der Waals surface area contributed by atoms with E-state index in [1.165, 1.54) is 54.6 Å². The van der Waals surface area contributed by atoms with Crippen LogP contribution in [0, 0.1) is 0 Å². The van der Waals surface area contributed by atoms with Crippen LogP contribution in [0.5, 0.6) is 0 Å². The van der Waals surface area contributed by atoms with Crippen LogP contribution in [0.3, 0.4) is 0 Å². The van der Waals surface area contributed by atoms with Crippen LogP contribution in [-0.2, 0) is 0 Å². The van der Waals surface area contributed by atoms with Gasteiger partial charge >= 0.3 is 0 Å². The van der Waals surface area contributed by atoms with E-state index in [4.69, 9.17) is 0 Å². The van der Waals surface area contributed by atoms with Gasteiger partial charge in [-0.1, -0.05) is 127 Å². The van der Waals surface area contributed by atoms with Crippen LogP contribution in [0.15, 0.2) is 176 Å². The quantitative estimate of drug-likeness (QED) is 0.179. The van der Waals surface area contributed by atoms with Crippen LogP contribution in [0.4, 0.5) is 17.1 Å². The fraction of sp³-hybridized carbons (Fsp3) is 0. The molecule has 0 fully saturated rings. The summed E-state index contributed by atoms with van der Waals surface area (Å²) in [4.78, 5) is 2.30. The van der Waals surface area contributed by atoms with Crippen molar-refractivity contribution in [2.24, 2.45) is 0 Å². The molecule has 0 spiro atoms. The molecule has 0 unspecified atom stereocenters. The van der Waals surface area contributed by atoms with Crippen LogP contribution in [0.25, 0.3) is 55.6 Å². The first-order valence-electron chi connectivity index (χ1n) is 15.4. The molecule has 8 aromatic carbocycles. The van der Waals surface area contributed by atoms with Crippen molar-refractivity contribution in [2.75, 3.05) is 4.90 Å². The summed E-state index contributed by atoms with van der Waals surface area (Å²) in [5.41, 5.74) is 8.29. The topological polar surface area (TPSA) is 3.24 Å². The summed E-state index contributed by atoms with van der Waals surface area (Å²) in [5, 5.41) is 7.48. The summed E-state index contributed by atoms with van der Waals surface area (Å²) in [7, 11) is 0. The van der Waals surface area contributed by atoms with Crippen molar-refractivity contribution < 1.29 is 0 Å². The second-order valence-electron chi connectivity index (χ2n) is 11.5. The highest BCUT2D eigenvalue weighted by molar-refractivity contribution is 5.94. The van der Waals surface area contributed by atoms with Crippen LogP contribution < -0.4 is 4.90 Å². The summed E-state index contributed by atoms with van der Waals surface area (Å²) in [6.07, 6.45) is 4.41. The van der Waals surface area contributed by atoms with Crippen molar-refractivity contribution in [1.82, 2.24) is 0 Å². The van der Waals surface area contributed by atoms with E-state index in [1.807, 2.05) is 0 Å². The number of rotatable bonds is 6. The molecule has 0 atom stereocenters. The fourth-order valence-electron chi connectivity index (χ4n) is 6.20. The highest BCUT2D eigenvalue weighted by Crippen LogP contribution is 2.36. The molecule has 1 heteroatoms. The van der Waals surface area contributed by atoms with Crippen LogP contribution in [0.1, 0.15) is 11.1 Å². The summed E-state index contributed by atoms with van der Waals surface area (Å²) in [6.45, 7) is 0. The third-order valence-electron chi connectivity index (χ3n) is 8.55. The molecule has 1 nitrogen and oxygen atoms in total. The van der Waals surface area contributed by atoms with Crippen LogP contribution in [0.2, 0.25) is 0 Å². The van der Waals surface area contributed by atoms with Crippen LogP contribution >= 0.6 is 0 Å². The van der Waals surface area contributed by atoms with E-state index in [9.17, 15) is 0 Å². The molecule has 8 aromatic rings. The Morgan fingerprint density at radius 2 is 0.711 bits per heavy atom. The number of benzene rings is 8. The van der Waals surface area contributed by atoms with E-state index < -0.39 is 0 Å². The van der Waals surface area contributed by atoms with Gasteiger partial charge in [0.25, 0.3) is 0 Å². The summed E-state index contributed by atoms with van der Waals surface area (Å²) in [5.74, 6) is 0. The van der Waals surface area contributed by atoms with Crippen molar-refractivity contribution in [3.63, 3.8) is 0 Å². The first-order chi connectivity index (χ1) is 22.3. The van der Waals surface area contributed by atoms with Gasteiger partial charge in [0.2, 0.25) is 0 Å². The smallest absolute Gasteiger partial charge is 0.0468 e. The largest absolute Gasteiger partial charge is 0.310 e. The monoisotopic (exact) mass is 573 g/mol. The van der Waals surface area contributed by atoms with E-state index in [2.05, 4.69) is 193 Å². The lowest BCUT2D eigenvalue weighted by molar-refractivity contribution is 1.29. The van der Waals surface area contributed by atoms with Gasteiger partial charge in [-0.3, -0.25) is 0 Å². The minimum Gasteiger partial charge on any atom is -0.310 e. The Bertz CT molecular complexity index is 2280. The van der Waals surface area contributed by atoms with E-state index in [1.54, 1.807) is 0 Å². The molecule has 0 aliphatic carbocycles. The number of anilines is 3. The SMILES string of the molecule is C(=Cc1ccc2cc(N(c3ccccc3)c3ccccc3)ccc2c1)c1ccc2cc(-c3ccc4ccccc4c3)ccc2c1. The maximum Gasteiger partial charge on any atom is 0.0468 e. The van der Waals surface area contributed by atoms with Gasteiger partial charge in [0.1, 0.15) is 0 Å². The minimum atomic E-state index is 1.14. The lowest BCUT2D eigenvalue weighted by Gasteiger charge is -2.25. The zero-order valence-electron chi connectivity index (χ0n) is 24.8. The van der Waals surface area contributed by atoms with Gasteiger partial charge in [0.05, 0.1) is 0 Å². The fourth-order valence-corrected chi connectivity index (χ4v) is 6.20. The molecule has 0 saturated heterocycles. The predicted octanol–water partition coefficient (Wildman–Crippen LogP) is 12.5. The van der Waals surface area contributed by atoms with Crippen molar-refractivity contribution in [1.29, 1.82) is 0 Å². The maximum atomic E-state index is 2.30. The van der Waals surface area contributed by atoms with E-state index in [-0.39, 0.29) is 0 Å². The molecule has 8 rings (SSSR count). The first-order valence-corrected chi connectivity index (χ1v) is 15.4. The minimum absolute atomic E-state index is 1.14. The standard InChI is InChI=1S/C44H31N/c1-3-11-42(12-4-1)45(43-13-5-2-6-14-43)44-26-25-37-28-33(18-20-41(37)31-44)16-15-32-17-19-38-30-40(24-23-36(38)27-32)39-22-21-34-9-7-8-10-35(34)29-39/h1-31H. The molecule has 0 heterocycles. The average Bonchev–Trinajstić information content (AvgIpc) is 3.11. The molecule has 0 radical (unpaired) electrons. The zero-order chi connectivity index (χ0) is 30.0. The number of nitrogens with zero attached hydrogens (tertiary/aromatic N) is 1. The molecule has 0 aliphatic heterocycles. The van der Waals surface area contributed by atoms with E-state index in [0.717, 1.165) is 17.1 Å². The molecule has 45 heavy (non-hydrogen) atoms. The second-order valence-corrected chi connectivity index (χ2v) is 11.5. The lowest BCUT2D eigenvalue weighted by atomic mass is 9.98. The Morgan fingerprint density at radius 1 is 0.289 bits per heavy atom. The highest BCUT2D eigenvalue weighted by atomic mass is 15.1. The van der Waals surface area contributed by atoms with Crippen molar-refractivity contribution in [3.8, 4) is 11.1 Å².